The zero-order chi connectivity index (χ0) is 18.4. The third-order valence-electron chi connectivity index (χ3n) is 3.56. The van der Waals surface area contributed by atoms with Crippen LogP contribution in [-0.4, -0.2) is 39.5 Å². The molecule has 134 valence electrons. The van der Waals surface area contributed by atoms with E-state index in [-0.39, 0.29) is 23.7 Å². The van der Waals surface area contributed by atoms with Crippen LogP contribution < -0.4 is 11.1 Å². The van der Waals surface area contributed by atoms with E-state index in [1.807, 2.05) is 45.0 Å². The lowest BCUT2D eigenvalue weighted by atomic mass is 10.1. The van der Waals surface area contributed by atoms with Gasteiger partial charge in [-0.2, -0.15) is 0 Å². The number of benzene rings is 1. The van der Waals surface area contributed by atoms with Crippen LogP contribution in [-0.2, 0) is 9.53 Å². The first-order valence-electron chi connectivity index (χ1n) is 8.10. The molecule has 0 spiro atoms. The third-order valence-corrected chi connectivity index (χ3v) is 3.56. The Balaban J connectivity index is 1.94. The molecule has 2 rings (SSSR count). The Morgan fingerprint density at radius 1 is 1.24 bits per heavy atom. The summed E-state index contributed by atoms with van der Waals surface area (Å²) < 4.78 is 6.84. The number of ether oxygens (including phenoxy) is 1. The number of hydrogen-bond acceptors (Lipinski definition) is 5. The molecule has 3 N–H and O–H groups in total. The molecule has 0 aliphatic carbocycles. The van der Waals surface area contributed by atoms with E-state index < -0.39 is 5.91 Å². The maximum absolute atomic E-state index is 11.9. The third kappa shape index (κ3) is 5.39. The van der Waals surface area contributed by atoms with E-state index in [2.05, 4.69) is 15.6 Å². The second-order valence-corrected chi connectivity index (χ2v) is 5.96. The number of carbonyl (C=O) groups is 2. The van der Waals surface area contributed by atoms with Crippen molar-refractivity contribution in [3.63, 3.8) is 0 Å². The maximum Gasteiger partial charge on any atom is 0.270 e. The zero-order valence-corrected chi connectivity index (χ0v) is 14.6. The molecule has 2 amide bonds. The van der Waals surface area contributed by atoms with E-state index in [4.69, 9.17) is 10.5 Å². The Kier molecular flexibility index (Phi) is 6.24. The summed E-state index contributed by atoms with van der Waals surface area (Å²) in [5.41, 5.74) is 6.97. The summed E-state index contributed by atoms with van der Waals surface area (Å²) in [5, 5.41) is 10.5. The van der Waals surface area contributed by atoms with Crippen LogP contribution in [0.5, 0.6) is 0 Å². The van der Waals surface area contributed by atoms with E-state index in [0.29, 0.717) is 13.0 Å². The highest BCUT2D eigenvalue weighted by molar-refractivity contribution is 5.90. The molecule has 0 radical (unpaired) electrons. The van der Waals surface area contributed by atoms with Gasteiger partial charge in [-0.15, -0.1) is 5.10 Å². The van der Waals surface area contributed by atoms with Crippen LogP contribution in [0.15, 0.2) is 30.5 Å². The first-order valence-corrected chi connectivity index (χ1v) is 8.10. The van der Waals surface area contributed by atoms with E-state index in [0.717, 1.165) is 11.3 Å². The lowest BCUT2D eigenvalue weighted by Gasteiger charge is -2.15. The van der Waals surface area contributed by atoms with E-state index in [9.17, 15) is 9.59 Å². The van der Waals surface area contributed by atoms with Gasteiger partial charge in [-0.25, -0.2) is 4.68 Å². The fourth-order valence-electron chi connectivity index (χ4n) is 2.20. The Hall–Kier alpha value is -2.74. The molecule has 8 nitrogen and oxygen atoms in total. The molecule has 0 saturated carbocycles. The molecule has 0 bridgehead atoms. The minimum Gasteiger partial charge on any atom is -0.378 e. The number of carbonyl (C=O) groups excluding carboxylic acids is 2. The number of amides is 2. The van der Waals surface area contributed by atoms with Crippen molar-refractivity contribution >= 4 is 11.8 Å². The van der Waals surface area contributed by atoms with Crippen molar-refractivity contribution in [3.8, 4) is 5.69 Å². The van der Waals surface area contributed by atoms with Gasteiger partial charge in [-0.1, -0.05) is 17.3 Å². The van der Waals surface area contributed by atoms with Gasteiger partial charge in [0.15, 0.2) is 5.69 Å². The second-order valence-electron chi connectivity index (χ2n) is 5.96. The minimum absolute atomic E-state index is 0.0559. The largest absolute Gasteiger partial charge is 0.378 e. The van der Waals surface area contributed by atoms with E-state index in [1.54, 1.807) is 0 Å². The van der Waals surface area contributed by atoms with Gasteiger partial charge in [0.25, 0.3) is 5.91 Å². The fraction of sp³-hybridized carbons (Fsp3) is 0.412. The number of rotatable bonds is 8. The maximum atomic E-state index is 11.9. The van der Waals surface area contributed by atoms with E-state index in [1.165, 1.54) is 10.9 Å². The Labute approximate surface area is 146 Å². The van der Waals surface area contributed by atoms with Crippen molar-refractivity contribution < 1.29 is 14.3 Å². The average Bonchev–Trinajstić information content (AvgIpc) is 3.05. The van der Waals surface area contributed by atoms with Crippen LogP contribution >= 0.6 is 0 Å². The summed E-state index contributed by atoms with van der Waals surface area (Å²) in [7, 11) is 0. The first-order chi connectivity index (χ1) is 11.9. The Morgan fingerprint density at radius 2 is 1.92 bits per heavy atom. The van der Waals surface area contributed by atoms with Gasteiger partial charge in [-0.3, -0.25) is 9.59 Å². The number of nitrogens with one attached hydrogen (secondary N) is 1. The average molecular weight is 345 g/mol. The van der Waals surface area contributed by atoms with E-state index >= 15 is 0 Å². The van der Waals surface area contributed by atoms with Gasteiger partial charge in [0.1, 0.15) is 0 Å². The quantitative estimate of drug-likeness (QED) is 0.750. The van der Waals surface area contributed by atoms with Crippen molar-refractivity contribution in [2.24, 2.45) is 5.73 Å². The van der Waals surface area contributed by atoms with Crippen molar-refractivity contribution in [2.45, 2.75) is 39.3 Å². The standard InChI is InChI=1S/C17H23N5O3/c1-11(2)25-9-8-16(23)19-12(3)13-4-6-14(7-5-13)22-10-15(17(18)24)20-21-22/h4-7,10-12H,8-9H2,1-3H3,(H2,18,24)(H,19,23). The lowest BCUT2D eigenvalue weighted by Crippen LogP contribution is -2.27. The topological polar surface area (TPSA) is 112 Å². The molecule has 0 saturated heterocycles. The Morgan fingerprint density at radius 3 is 2.48 bits per heavy atom. The molecular formula is C17H23N5O3. The minimum atomic E-state index is -0.624. The molecule has 1 aromatic carbocycles. The predicted octanol–water partition coefficient (Wildman–Crippen LogP) is 1.36. The highest BCUT2D eigenvalue weighted by Crippen LogP contribution is 2.15. The zero-order valence-electron chi connectivity index (χ0n) is 14.6. The van der Waals surface area contributed by atoms with Gasteiger partial charge in [0.05, 0.1) is 30.6 Å². The number of aromatic nitrogens is 3. The summed E-state index contributed by atoms with van der Waals surface area (Å²) >= 11 is 0. The van der Waals surface area contributed by atoms with Gasteiger partial charge >= 0.3 is 0 Å². The highest BCUT2D eigenvalue weighted by atomic mass is 16.5. The number of nitrogens with zero attached hydrogens (tertiary/aromatic N) is 3. The van der Waals surface area contributed by atoms with Crippen LogP contribution in [0.2, 0.25) is 0 Å². The SMILES string of the molecule is CC(C)OCCC(=O)NC(C)c1ccc(-n2cc(C(N)=O)nn2)cc1. The summed E-state index contributed by atoms with van der Waals surface area (Å²) in [6.07, 6.45) is 1.91. The molecule has 2 aromatic rings. The summed E-state index contributed by atoms with van der Waals surface area (Å²) in [4.78, 5) is 23.0. The molecule has 1 unspecified atom stereocenters. The smallest absolute Gasteiger partial charge is 0.270 e. The van der Waals surface area contributed by atoms with Crippen LogP contribution in [0.3, 0.4) is 0 Å². The molecule has 1 atom stereocenters. The van der Waals surface area contributed by atoms with Crippen LogP contribution in [0, 0.1) is 0 Å². The fourth-order valence-corrected chi connectivity index (χ4v) is 2.20. The van der Waals surface area contributed by atoms with Crippen LogP contribution in [0.4, 0.5) is 0 Å². The molecule has 0 aliphatic heterocycles. The van der Waals surface area contributed by atoms with Crippen molar-refractivity contribution in [1.29, 1.82) is 0 Å². The normalized spacial score (nSPS) is 12.2. The molecule has 1 heterocycles. The van der Waals surface area contributed by atoms with Crippen molar-refractivity contribution in [3.05, 3.63) is 41.7 Å². The molecule has 1 aromatic heterocycles. The monoisotopic (exact) mass is 345 g/mol. The van der Waals surface area contributed by atoms with Crippen LogP contribution in [0.25, 0.3) is 5.69 Å². The number of nitrogens with two attached hydrogens (primary N) is 1. The van der Waals surface area contributed by atoms with Crippen molar-refractivity contribution in [2.75, 3.05) is 6.61 Å². The van der Waals surface area contributed by atoms with Gasteiger partial charge in [0.2, 0.25) is 5.91 Å². The summed E-state index contributed by atoms with van der Waals surface area (Å²) in [6.45, 7) is 6.19. The molecule has 0 fully saturated rings. The summed E-state index contributed by atoms with van der Waals surface area (Å²) in [6, 6.07) is 7.31. The Bertz CT molecular complexity index is 724. The predicted molar refractivity (Wildman–Crippen MR) is 92.1 cm³/mol. The number of primary amides is 1. The lowest BCUT2D eigenvalue weighted by molar-refractivity contribution is -0.123. The summed E-state index contributed by atoms with van der Waals surface area (Å²) in [5.74, 6) is -0.680. The second kappa shape index (κ2) is 8.39. The molecular weight excluding hydrogens is 322 g/mol. The van der Waals surface area contributed by atoms with Crippen molar-refractivity contribution in [1.82, 2.24) is 20.3 Å². The first kappa shape index (κ1) is 18.6. The van der Waals surface area contributed by atoms with Gasteiger partial charge < -0.3 is 15.8 Å². The number of hydrogen-bond donors (Lipinski definition) is 2. The highest BCUT2D eigenvalue weighted by Gasteiger charge is 2.11. The molecule has 8 heteroatoms. The molecule has 0 aliphatic rings. The van der Waals surface area contributed by atoms with Gasteiger partial charge in [0, 0.05) is 6.42 Å². The van der Waals surface area contributed by atoms with Gasteiger partial charge in [-0.05, 0) is 38.5 Å². The molecule has 25 heavy (non-hydrogen) atoms. The van der Waals surface area contributed by atoms with Crippen LogP contribution in [0.1, 0.15) is 49.3 Å².